The molecule has 0 unspecified atom stereocenters. The summed E-state index contributed by atoms with van der Waals surface area (Å²) in [5.41, 5.74) is -1.61. The molecule has 0 saturated carbocycles. The number of carbonyl (C=O) groups excluding carboxylic acids is 2. The predicted molar refractivity (Wildman–Crippen MR) is 56.9 cm³/mol. The molecule has 0 aliphatic rings. The molecule has 1 aromatic heterocycles. The average molecular weight is 331 g/mol. The first-order chi connectivity index (χ1) is 9.99. The first-order valence-electron chi connectivity index (χ1n) is 5.42. The van der Waals surface area contributed by atoms with E-state index in [1.54, 1.807) is 0 Å². The largest absolute Gasteiger partial charge is 0.452 e. The van der Waals surface area contributed by atoms with Gasteiger partial charge in [0.25, 0.3) is 0 Å². The van der Waals surface area contributed by atoms with E-state index in [0.29, 0.717) is 0 Å². The lowest BCUT2D eigenvalue weighted by Gasteiger charge is -2.11. The van der Waals surface area contributed by atoms with Gasteiger partial charge in [-0.2, -0.15) is 26.3 Å². The van der Waals surface area contributed by atoms with Crippen LogP contribution in [0.2, 0.25) is 0 Å². The van der Waals surface area contributed by atoms with E-state index in [-0.39, 0.29) is 0 Å². The number of pyridine rings is 1. The van der Waals surface area contributed by atoms with Gasteiger partial charge in [-0.25, -0.2) is 14.6 Å². The van der Waals surface area contributed by atoms with Gasteiger partial charge in [0.15, 0.2) is 18.9 Å². The van der Waals surface area contributed by atoms with E-state index in [1.165, 1.54) is 0 Å². The van der Waals surface area contributed by atoms with Crippen molar-refractivity contribution in [3.63, 3.8) is 0 Å². The number of alkyl halides is 6. The number of halogens is 6. The standard InChI is InChI=1S/C11H7F6NO4/c12-10(13,14)4-21-8(19)6-2-1-3-18-7(6)9(20)22-5-11(15,16)17/h1-3H,4-5H2. The molecule has 0 aliphatic heterocycles. The van der Waals surface area contributed by atoms with Crippen LogP contribution < -0.4 is 0 Å². The SMILES string of the molecule is O=C(OCC(F)(F)F)c1cccnc1C(=O)OCC(F)(F)F. The summed E-state index contributed by atoms with van der Waals surface area (Å²) in [7, 11) is 0. The highest BCUT2D eigenvalue weighted by Crippen LogP contribution is 2.18. The van der Waals surface area contributed by atoms with Crippen LogP contribution in [0.25, 0.3) is 0 Å². The van der Waals surface area contributed by atoms with Gasteiger partial charge in [-0.15, -0.1) is 0 Å². The first kappa shape index (κ1) is 17.7. The third-order valence-electron chi connectivity index (χ3n) is 1.95. The van der Waals surface area contributed by atoms with Crippen LogP contribution in [-0.4, -0.2) is 42.5 Å². The number of ether oxygens (including phenoxy) is 2. The van der Waals surface area contributed by atoms with E-state index in [2.05, 4.69) is 14.5 Å². The Morgan fingerprint density at radius 3 is 1.95 bits per heavy atom. The summed E-state index contributed by atoms with van der Waals surface area (Å²) in [5.74, 6) is -3.18. The smallest absolute Gasteiger partial charge is 0.422 e. The predicted octanol–water partition coefficient (Wildman–Crippen LogP) is 2.52. The Morgan fingerprint density at radius 2 is 1.45 bits per heavy atom. The van der Waals surface area contributed by atoms with Crippen LogP contribution in [0.4, 0.5) is 26.3 Å². The van der Waals surface area contributed by atoms with Gasteiger partial charge < -0.3 is 9.47 Å². The zero-order valence-electron chi connectivity index (χ0n) is 10.5. The summed E-state index contributed by atoms with van der Waals surface area (Å²) in [6, 6.07) is 1.96. The van der Waals surface area contributed by atoms with Crippen molar-refractivity contribution in [2.24, 2.45) is 0 Å². The van der Waals surface area contributed by atoms with Gasteiger partial charge in [0.2, 0.25) is 0 Å². The van der Waals surface area contributed by atoms with Gasteiger partial charge in [0.1, 0.15) is 0 Å². The molecule has 11 heteroatoms. The van der Waals surface area contributed by atoms with Crippen molar-refractivity contribution in [1.82, 2.24) is 4.98 Å². The molecule has 0 aliphatic carbocycles. The van der Waals surface area contributed by atoms with Crippen LogP contribution in [0, 0.1) is 0 Å². The zero-order chi connectivity index (χ0) is 17.0. The number of rotatable bonds is 4. The van der Waals surface area contributed by atoms with Crippen molar-refractivity contribution in [3.05, 3.63) is 29.6 Å². The second kappa shape index (κ2) is 6.62. The third-order valence-corrected chi connectivity index (χ3v) is 1.95. The fourth-order valence-corrected chi connectivity index (χ4v) is 1.17. The van der Waals surface area contributed by atoms with Gasteiger partial charge in [0.05, 0.1) is 5.56 Å². The number of esters is 2. The van der Waals surface area contributed by atoms with Crippen LogP contribution >= 0.6 is 0 Å². The highest BCUT2D eigenvalue weighted by atomic mass is 19.4. The van der Waals surface area contributed by atoms with Gasteiger partial charge in [0, 0.05) is 6.20 Å². The molecule has 0 bridgehead atoms. The first-order valence-corrected chi connectivity index (χ1v) is 5.42. The van der Waals surface area contributed by atoms with Gasteiger partial charge >= 0.3 is 24.3 Å². The number of hydrogen-bond acceptors (Lipinski definition) is 5. The van der Waals surface area contributed by atoms with Gasteiger partial charge in [-0.05, 0) is 12.1 Å². The molecule has 122 valence electrons. The molecule has 1 aromatic rings. The number of nitrogens with zero attached hydrogens (tertiary/aromatic N) is 1. The number of hydrogen-bond donors (Lipinski definition) is 0. The lowest BCUT2D eigenvalue weighted by Crippen LogP contribution is -2.24. The van der Waals surface area contributed by atoms with Crippen LogP contribution in [-0.2, 0) is 9.47 Å². The number of carbonyl (C=O) groups is 2. The minimum Gasteiger partial charge on any atom is -0.452 e. The van der Waals surface area contributed by atoms with Crippen molar-refractivity contribution in [2.45, 2.75) is 12.4 Å². The highest BCUT2D eigenvalue weighted by molar-refractivity contribution is 6.01. The quantitative estimate of drug-likeness (QED) is 0.627. The molecule has 0 saturated heterocycles. The molecule has 0 radical (unpaired) electrons. The van der Waals surface area contributed by atoms with Crippen molar-refractivity contribution in [1.29, 1.82) is 0 Å². The molecular formula is C11H7F6NO4. The van der Waals surface area contributed by atoms with E-state index in [0.717, 1.165) is 18.3 Å². The fraction of sp³-hybridized carbons (Fsp3) is 0.364. The van der Waals surface area contributed by atoms with E-state index in [1.807, 2.05) is 0 Å². The summed E-state index contributed by atoms with van der Waals surface area (Å²) in [6.45, 7) is -3.85. The Hall–Kier alpha value is -2.33. The molecule has 0 spiro atoms. The Balaban J connectivity index is 2.85. The van der Waals surface area contributed by atoms with Crippen LogP contribution in [0.1, 0.15) is 20.8 Å². The van der Waals surface area contributed by atoms with E-state index >= 15 is 0 Å². The Labute approximate surface area is 118 Å². The normalized spacial score (nSPS) is 11.9. The lowest BCUT2D eigenvalue weighted by atomic mass is 10.2. The topological polar surface area (TPSA) is 65.5 Å². The van der Waals surface area contributed by atoms with Crippen molar-refractivity contribution in [2.75, 3.05) is 13.2 Å². The molecule has 5 nitrogen and oxygen atoms in total. The molecule has 0 fully saturated rings. The van der Waals surface area contributed by atoms with E-state index < -0.39 is 48.8 Å². The maximum absolute atomic E-state index is 11.9. The van der Waals surface area contributed by atoms with Gasteiger partial charge in [-0.1, -0.05) is 0 Å². The second-order valence-electron chi connectivity index (χ2n) is 3.78. The number of aromatic nitrogens is 1. The fourth-order valence-electron chi connectivity index (χ4n) is 1.17. The van der Waals surface area contributed by atoms with Crippen molar-refractivity contribution >= 4 is 11.9 Å². The van der Waals surface area contributed by atoms with Crippen LogP contribution in [0.15, 0.2) is 18.3 Å². The Bertz CT molecular complexity index is 505. The molecule has 1 rings (SSSR count). The summed E-state index contributed by atoms with van der Waals surface area (Å²) in [5, 5.41) is 0. The van der Waals surface area contributed by atoms with Crippen molar-refractivity contribution in [3.8, 4) is 0 Å². The Morgan fingerprint density at radius 1 is 0.955 bits per heavy atom. The molecule has 0 atom stereocenters. The van der Waals surface area contributed by atoms with Crippen molar-refractivity contribution < 1.29 is 45.4 Å². The minimum atomic E-state index is -4.80. The monoisotopic (exact) mass is 331 g/mol. The average Bonchev–Trinajstić information content (AvgIpc) is 2.40. The summed E-state index contributed by atoms with van der Waals surface area (Å²) in [6.07, 6.45) is -8.65. The Kier molecular flexibility index (Phi) is 5.33. The maximum atomic E-state index is 11.9. The molecular weight excluding hydrogens is 324 g/mol. The molecule has 0 amide bonds. The second-order valence-corrected chi connectivity index (χ2v) is 3.78. The van der Waals surface area contributed by atoms with E-state index in [9.17, 15) is 35.9 Å². The highest BCUT2D eigenvalue weighted by Gasteiger charge is 2.33. The van der Waals surface area contributed by atoms with Crippen LogP contribution in [0.3, 0.4) is 0 Å². The summed E-state index contributed by atoms with van der Waals surface area (Å²) < 4.78 is 79.4. The minimum absolute atomic E-state index is 0.737. The maximum Gasteiger partial charge on any atom is 0.422 e. The molecule has 0 N–H and O–H groups in total. The van der Waals surface area contributed by atoms with Gasteiger partial charge in [-0.3, -0.25) is 0 Å². The third kappa shape index (κ3) is 5.97. The lowest BCUT2D eigenvalue weighted by molar-refractivity contribution is -0.162. The van der Waals surface area contributed by atoms with E-state index in [4.69, 9.17) is 0 Å². The summed E-state index contributed by atoms with van der Waals surface area (Å²) in [4.78, 5) is 26.1. The molecule has 0 aromatic carbocycles. The molecule has 22 heavy (non-hydrogen) atoms. The molecule has 1 heterocycles. The van der Waals surface area contributed by atoms with Crippen LogP contribution in [0.5, 0.6) is 0 Å². The zero-order valence-corrected chi connectivity index (χ0v) is 10.5. The summed E-state index contributed by atoms with van der Waals surface area (Å²) >= 11 is 0.